The largest absolute Gasteiger partial charge is 0.255 e. The van der Waals surface area contributed by atoms with Crippen molar-refractivity contribution in [2.75, 3.05) is 6.26 Å². The lowest BCUT2D eigenvalue weighted by Gasteiger charge is -1.89. The molecule has 2 aromatic heterocycles. The Bertz CT molecular complexity index is 406. The summed E-state index contributed by atoms with van der Waals surface area (Å²) in [5, 5.41) is 0. The minimum Gasteiger partial charge on any atom is -0.255 e. The van der Waals surface area contributed by atoms with Crippen LogP contribution in [0.1, 0.15) is 5.56 Å². The van der Waals surface area contributed by atoms with Gasteiger partial charge in [-0.15, -0.1) is 23.1 Å². The zero-order valence-electron chi connectivity index (χ0n) is 7.00. The van der Waals surface area contributed by atoms with Gasteiger partial charge >= 0.3 is 0 Å². The number of hydrogen-bond acceptors (Lipinski definition) is 3. The van der Waals surface area contributed by atoms with Gasteiger partial charge in [0, 0.05) is 6.20 Å². The van der Waals surface area contributed by atoms with Crippen molar-refractivity contribution in [1.29, 1.82) is 0 Å². The van der Waals surface area contributed by atoms with Crippen molar-refractivity contribution in [3.63, 3.8) is 0 Å². The first kappa shape index (κ1) is 8.08. The third-order valence-corrected chi connectivity index (χ3v) is 3.82. The highest BCUT2D eigenvalue weighted by Gasteiger charge is 2.00. The normalized spacial score (nSPS) is 10.8. The Morgan fingerprint density at radius 1 is 1.42 bits per heavy atom. The maximum absolute atomic E-state index is 4.35. The summed E-state index contributed by atoms with van der Waals surface area (Å²) in [4.78, 5) is 4.35. The number of pyridine rings is 1. The van der Waals surface area contributed by atoms with Crippen LogP contribution in [0.25, 0.3) is 10.2 Å². The predicted octanol–water partition coefficient (Wildman–Crippen LogP) is 3.33. The lowest BCUT2D eigenvalue weighted by atomic mass is 10.3. The van der Waals surface area contributed by atoms with E-state index in [1.54, 1.807) is 11.8 Å². The van der Waals surface area contributed by atoms with Crippen LogP contribution in [0, 0.1) is 6.92 Å². The summed E-state index contributed by atoms with van der Waals surface area (Å²) < 4.78 is 2.63. The zero-order chi connectivity index (χ0) is 8.55. The average Bonchev–Trinajstić information content (AvgIpc) is 2.46. The van der Waals surface area contributed by atoms with Crippen LogP contribution in [0.4, 0.5) is 0 Å². The summed E-state index contributed by atoms with van der Waals surface area (Å²) in [6, 6.07) is 4.33. The van der Waals surface area contributed by atoms with Gasteiger partial charge < -0.3 is 0 Å². The van der Waals surface area contributed by atoms with Crippen molar-refractivity contribution in [2.45, 2.75) is 11.1 Å². The van der Waals surface area contributed by atoms with E-state index in [1.165, 1.54) is 14.5 Å². The van der Waals surface area contributed by atoms with Crippen LogP contribution in [0.5, 0.6) is 0 Å². The number of rotatable bonds is 1. The molecule has 0 aliphatic carbocycles. The third-order valence-electron chi connectivity index (χ3n) is 1.68. The van der Waals surface area contributed by atoms with Crippen LogP contribution < -0.4 is 0 Å². The summed E-state index contributed by atoms with van der Waals surface area (Å²) in [5.74, 6) is 0. The lowest BCUT2D eigenvalue weighted by molar-refractivity contribution is 1.34. The first-order chi connectivity index (χ1) is 5.79. The summed E-state index contributed by atoms with van der Waals surface area (Å²) in [7, 11) is 0. The second kappa shape index (κ2) is 3.07. The molecule has 0 bridgehead atoms. The molecule has 1 nitrogen and oxygen atoms in total. The monoisotopic (exact) mass is 195 g/mol. The molecule has 0 N–H and O–H groups in total. The van der Waals surface area contributed by atoms with E-state index in [9.17, 15) is 0 Å². The molecule has 2 aromatic rings. The minimum absolute atomic E-state index is 1.12. The number of thioether (sulfide) groups is 1. The van der Waals surface area contributed by atoms with Crippen LogP contribution in [0.3, 0.4) is 0 Å². The van der Waals surface area contributed by atoms with Gasteiger partial charge in [-0.05, 0) is 30.9 Å². The van der Waals surface area contributed by atoms with Gasteiger partial charge in [0.2, 0.25) is 0 Å². The van der Waals surface area contributed by atoms with E-state index in [4.69, 9.17) is 0 Å². The van der Waals surface area contributed by atoms with Gasteiger partial charge in [0.15, 0.2) is 0 Å². The molecule has 2 rings (SSSR count). The standard InChI is InChI=1S/C9H9NS2/c1-6-3-8-7(10-5-6)4-9(11-2)12-8/h3-5H,1-2H3. The van der Waals surface area contributed by atoms with Crippen molar-refractivity contribution in [1.82, 2.24) is 4.98 Å². The van der Waals surface area contributed by atoms with Gasteiger partial charge in [0.1, 0.15) is 0 Å². The average molecular weight is 195 g/mol. The molecule has 0 fully saturated rings. The fourth-order valence-electron chi connectivity index (χ4n) is 1.09. The van der Waals surface area contributed by atoms with Crippen LogP contribution in [-0.4, -0.2) is 11.2 Å². The number of thiophene rings is 1. The molecule has 0 aliphatic heterocycles. The van der Waals surface area contributed by atoms with Crippen molar-refractivity contribution in [2.24, 2.45) is 0 Å². The van der Waals surface area contributed by atoms with E-state index in [0.29, 0.717) is 0 Å². The molecular weight excluding hydrogens is 186 g/mol. The second-order valence-electron chi connectivity index (χ2n) is 2.67. The van der Waals surface area contributed by atoms with Crippen molar-refractivity contribution in [3.05, 3.63) is 23.9 Å². The van der Waals surface area contributed by atoms with Crippen LogP contribution >= 0.6 is 23.1 Å². The lowest BCUT2D eigenvalue weighted by Crippen LogP contribution is -1.73. The second-order valence-corrected chi connectivity index (χ2v) is 4.86. The van der Waals surface area contributed by atoms with E-state index in [2.05, 4.69) is 30.3 Å². The maximum atomic E-state index is 4.35. The van der Waals surface area contributed by atoms with E-state index in [0.717, 1.165) is 5.52 Å². The topological polar surface area (TPSA) is 12.9 Å². The molecule has 0 saturated carbocycles. The predicted molar refractivity (Wildman–Crippen MR) is 56.1 cm³/mol. The highest BCUT2D eigenvalue weighted by Crippen LogP contribution is 2.30. The van der Waals surface area contributed by atoms with Gasteiger partial charge in [-0.1, -0.05) is 0 Å². The molecule has 62 valence electrons. The van der Waals surface area contributed by atoms with Gasteiger partial charge in [0.25, 0.3) is 0 Å². The number of aryl methyl sites for hydroxylation is 1. The number of fused-ring (bicyclic) bond motifs is 1. The van der Waals surface area contributed by atoms with Crippen LogP contribution in [0.2, 0.25) is 0 Å². The van der Waals surface area contributed by atoms with E-state index in [1.807, 2.05) is 17.5 Å². The smallest absolute Gasteiger partial charge is 0.0821 e. The van der Waals surface area contributed by atoms with Gasteiger partial charge in [-0.3, -0.25) is 4.98 Å². The zero-order valence-corrected chi connectivity index (χ0v) is 8.63. The molecular formula is C9H9NS2. The molecule has 0 atom stereocenters. The molecule has 12 heavy (non-hydrogen) atoms. The van der Waals surface area contributed by atoms with Gasteiger partial charge in [-0.25, -0.2) is 0 Å². The molecule has 0 aliphatic rings. The Balaban J connectivity index is 2.67. The Morgan fingerprint density at radius 3 is 3.00 bits per heavy atom. The molecule has 0 radical (unpaired) electrons. The van der Waals surface area contributed by atoms with Gasteiger partial charge in [-0.2, -0.15) is 0 Å². The third kappa shape index (κ3) is 1.34. The summed E-state index contributed by atoms with van der Waals surface area (Å²) in [5.41, 5.74) is 2.35. The Kier molecular flexibility index (Phi) is 2.07. The minimum atomic E-state index is 1.12. The molecule has 0 saturated heterocycles. The van der Waals surface area contributed by atoms with E-state index in [-0.39, 0.29) is 0 Å². The first-order valence-electron chi connectivity index (χ1n) is 3.70. The number of nitrogens with zero attached hydrogens (tertiary/aromatic N) is 1. The SMILES string of the molecule is CSc1cc2ncc(C)cc2s1. The summed E-state index contributed by atoms with van der Waals surface area (Å²) in [6.45, 7) is 2.07. The number of aromatic nitrogens is 1. The van der Waals surface area contributed by atoms with Crippen LogP contribution in [0.15, 0.2) is 22.5 Å². The molecule has 3 heteroatoms. The quantitative estimate of drug-likeness (QED) is 0.647. The Labute approximate surface area is 79.8 Å². The van der Waals surface area contributed by atoms with Gasteiger partial charge in [0.05, 0.1) is 14.4 Å². The molecule has 0 amide bonds. The summed E-state index contributed by atoms with van der Waals surface area (Å²) >= 11 is 3.59. The van der Waals surface area contributed by atoms with E-state index < -0.39 is 0 Å². The molecule has 0 unspecified atom stereocenters. The fraction of sp³-hybridized carbons (Fsp3) is 0.222. The maximum Gasteiger partial charge on any atom is 0.0821 e. The van der Waals surface area contributed by atoms with E-state index >= 15 is 0 Å². The summed E-state index contributed by atoms with van der Waals surface area (Å²) in [6.07, 6.45) is 4.01. The highest BCUT2D eigenvalue weighted by molar-refractivity contribution is 8.00. The van der Waals surface area contributed by atoms with Crippen molar-refractivity contribution in [3.8, 4) is 0 Å². The first-order valence-corrected chi connectivity index (χ1v) is 5.74. The number of hydrogen-bond donors (Lipinski definition) is 0. The van der Waals surface area contributed by atoms with Crippen LogP contribution in [-0.2, 0) is 0 Å². The molecule has 0 spiro atoms. The Hall–Kier alpha value is -0.540. The fourth-order valence-corrected chi connectivity index (χ4v) is 2.77. The Morgan fingerprint density at radius 2 is 2.25 bits per heavy atom. The van der Waals surface area contributed by atoms with Crippen molar-refractivity contribution >= 4 is 33.3 Å². The van der Waals surface area contributed by atoms with Crippen molar-refractivity contribution < 1.29 is 0 Å². The molecule has 0 aromatic carbocycles. The highest BCUT2D eigenvalue weighted by atomic mass is 32.2. The molecule has 2 heterocycles.